The van der Waals surface area contributed by atoms with Gasteiger partial charge in [0.15, 0.2) is 0 Å². The fourth-order valence-corrected chi connectivity index (χ4v) is 3.58. The smallest absolute Gasteiger partial charge is 0.312 e. The van der Waals surface area contributed by atoms with Crippen LogP contribution in [-0.2, 0) is 10.5 Å². The second-order valence-corrected chi connectivity index (χ2v) is 7.93. The lowest BCUT2D eigenvalue weighted by Crippen LogP contribution is -2.26. The van der Waals surface area contributed by atoms with E-state index in [0.29, 0.717) is 23.5 Å². The van der Waals surface area contributed by atoms with Gasteiger partial charge in [0.1, 0.15) is 5.75 Å². The molecule has 0 atom stereocenters. The highest BCUT2D eigenvalue weighted by Gasteiger charge is 2.14. The van der Waals surface area contributed by atoms with Crippen LogP contribution < -0.4 is 9.64 Å². The molecule has 1 amide bonds. The van der Waals surface area contributed by atoms with Gasteiger partial charge in [0.25, 0.3) is 5.91 Å². The van der Waals surface area contributed by atoms with Gasteiger partial charge in [-0.05, 0) is 55.5 Å². The first-order valence-corrected chi connectivity index (χ1v) is 10.8. The van der Waals surface area contributed by atoms with Crippen LogP contribution >= 0.6 is 11.8 Å². The number of nitrogens with zero attached hydrogens (tertiary/aromatic N) is 2. The normalized spacial score (nSPS) is 10.5. The van der Waals surface area contributed by atoms with Gasteiger partial charge in [-0.15, -0.1) is 0 Å². The van der Waals surface area contributed by atoms with Gasteiger partial charge < -0.3 is 9.64 Å². The van der Waals surface area contributed by atoms with Crippen molar-refractivity contribution in [1.29, 1.82) is 0 Å². The summed E-state index contributed by atoms with van der Waals surface area (Å²) in [6, 6.07) is 20.2. The first kappa shape index (κ1) is 21.6. The molecule has 0 aliphatic rings. The molecule has 0 saturated carbocycles. The van der Waals surface area contributed by atoms with E-state index in [0.717, 1.165) is 22.7 Å². The molecule has 30 heavy (non-hydrogen) atoms. The minimum absolute atomic E-state index is 0.0929. The molecular weight excluding hydrogens is 396 g/mol. The topological polar surface area (TPSA) is 59.5 Å². The van der Waals surface area contributed by atoms with Gasteiger partial charge in [-0.25, -0.2) is 0 Å². The Balaban J connectivity index is 1.47. The van der Waals surface area contributed by atoms with E-state index in [9.17, 15) is 9.59 Å². The second kappa shape index (κ2) is 10.6. The number of benzene rings is 2. The van der Waals surface area contributed by atoms with Crippen molar-refractivity contribution in [3.8, 4) is 5.75 Å². The van der Waals surface area contributed by atoms with Gasteiger partial charge in [-0.1, -0.05) is 23.8 Å². The molecule has 2 aromatic carbocycles. The van der Waals surface area contributed by atoms with E-state index in [1.54, 1.807) is 54.2 Å². The van der Waals surface area contributed by atoms with Crippen LogP contribution in [0.4, 0.5) is 5.69 Å². The molecule has 6 heteroatoms. The molecule has 3 aromatic rings. The Labute approximate surface area is 181 Å². The first-order chi connectivity index (χ1) is 14.5. The molecular formula is C24H24N2O3S. The van der Waals surface area contributed by atoms with E-state index in [1.807, 2.05) is 49.4 Å². The summed E-state index contributed by atoms with van der Waals surface area (Å²) in [5.41, 5.74) is 3.46. The molecule has 154 valence electrons. The summed E-state index contributed by atoms with van der Waals surface area (Å²) in [4.78, 5) is 30.5. The third kappa shape index (κ3) is 6.19. The molecule has 0 fully saturated rings. The number of anilines is 1. The van der Waals surface area contributed by atoms with Crippen LogP contribution in [0, 0.1) is 6.92 Å². The largest absolute Gasteiger partial charge is 0.427 e. The van der Waals surface area contributed by atoms with Crippen molar-refractivity contribution in [1.82, 2.24) is 4.98 Å². The lowest BCUT2D eigenvalue weighted by Gasteiger charge is -2.18. The van der Waals surface area contributed by atoms with Crippen LogP contribution in [0.5, 0.6) is 5.75 Å². The van der Waals surface area contributed by atoms with Crippen LogP contribution in [0.25, 0.3) is 0 Å². The number of esters is 1. The van der Waals surface area contributed by atoms with E-state index >= 15 is 0 Å². The monoisotopic (exact) mass is 420 g/mol. The van der Waals surface area contributed by atoms with Crippen molar-refractivity contribution >= 4 is 29.3 Å². The molecule has 0 aliphatic carbocycles. The zero-order chi connectivity index (χ0) is 21.3. The molecule has 5 nitrogen and oxygen atoms in total. The van der Waals surface area contributed by atoms with Crippen molar-refractivity contribution in [2.75, 3.05) is 17.7 Å². The molecule has 0 N–H and O–H groups in total. The number of aryl methyl sites for hydroxylation is 1. The van der Waals surface area contributed by atoms with Gasteiger partial charge >= 0.3 is 5.97 Å². The van der Waals surface area contributed by atoms with Gasteiger partial charge in [-0.3, -0.25) is 14.6 Å². The van der Waals surface area contributed by atoms with Crippen LogP contribution in [0.1, 0.15) is 28.0 Å². The highest BCUT2D eigenvalue weighted by Crippen LogP contribution is 2.21. The standard InChI is InChI=1S/C24H24N2O3S/c1-18-6-8-19(9-7-18)24(28)26(2)21-10-12-22(13-11-21)29-23(27)14-16-30-17-20-5-3-4-15-25-20/h3-13,15H,14,16-17H2,1-2H3. The molecule has 1 aromatic heterocycles. The number of amides is 1. The Kier molecular flexibility index (Phi) is 7.63. The van der Waals surface area contributed by atoms with Crippen molar-refractivity contribution in [3.05, 3.63) is 89.7 Å². The summed E-state index contributed by atoms with van der Waals surface area (Å²) < 4.78 is 5.39. The number of rotatable bonds is 8. The Morgan fingerprint density at radius 3 is 2.40 bits per heavy atom. The zero-order valence-electron chi connectivity index (χ0n) is 17.1. The van der Waals surface area contributed by atoms with Gasteiger partial charge in [-0.2, -0.15) is 11.8 Å². The minimum atomic E-state index is -0.277. The number of carbonyl (C=O) groups excluding carboxylic acids is 2. The van der Waals surface area contributed by atoms with E-state index in [1.165, 1.54) is 0 Å². The van der Waals surface area contributed by atoms with Crippen LogP contribution in [0.3, 0.4) is 0 Å². The number of hydrogen-bond acceptors (Lipinski definition) is 5. The summed E-state index contributed by atoms with van der Waals surface area (Å²) in [6.07, 6.45) is 2.09. The maximum atomic E-state index is 12.6. The van der Waals surface area contributed by atoms with Crippen molar-refractivity contribution in [2.24, 2.45) is 0 Å². The number of thioether (sulfide) groups is 1. The van der Waals surface area contributed by atoms with Gasteiger partial charge in [0.05, 0.1) is 12.1 Å². The van der Waals surface area contributed by atoms with Gasteiger partial charge in [0, 0.05) is 36.0 Å². The summed E-state index contributed by atoms with van der Waals surface area (Å²) in [5.74, 6) is 1.53. The highest BCUT2D eigenvalue weighted by atomic mass is 32.2. The first-order valence-electron chi connectivity index (χ1n) is 9.66. The fourth-order valence-electron chi connectivity index (χ4n) is 2.74. The van der Waals surface area contributed by atoms with Crippen molar-refractivity contribution in [3.63, 3.8) is 0 Å². The average molecular weight is 421 g/mol. The third-order valence-corrected chi connectivity index (χ3v) is 5.48. The predicted molar refractivity (Wildman–Crippen MR) is 121 cm³/mol. The van der Waals surface area contributed by atoms with E-state index < -0.39 is 0 Å². The van der Waals surface area contributed by atoms with E-state index in [4.69, 9.17) is 4.74 Å². The number of aromatic nitrogens is 1. The van der Waals surface area contributed by atoms with Crippen LogP contribution in [0.15, 0.2) is 72.9 Å². The molecule has 0 aliphatic heterocycles. The number of ether oxygens (including phenoxy) is 1. The lowest BCUT2D eigenvalue weighted by atomic mass is 10.1. The summed E-state index contributed by atoms with van der Waals surface area (Å²) >= 11 is 1.65. The summed E-state index contributed by atoms with van der Waals surface area (Å²) in [5, 5.41) is 0. The quantitative estimate of drug-likeness (QED) is 0.295. The molecule has 0 radical (unpaired) electrons. The molecule has 3 rings (SSSR count). The number of pyridine rings is 1. The van der Waals surface area contributed by atoms with E-state index in [2.05, 4.69) is 4.98 Å². The van der Waals surface area contributed by atoms with Crippen LogP contribution in [0.2, 0.25) is 0 Å². The van der Waals surface area contributed by atoms with Crippen LogP contribution in [-0.4, -0.2) is 29.7 Å². The number of hydrogen-bond donors (Lipinski definition) is 0. The Morgan fingerprint density at radius 1 is 1.00 bits per heavy atom. The molecule has 0 saturated heterocycles. The molecule has 0 spiro atoms. The Hall–Kier alpha value is -3.12. The Bertz CT molecular complexity index is 974. The Morgan fingerprint density at radius 2 is 1.73 bits per heavy atom. The summed E-state index contributed by atoms with van der Waals surface area (Å²) in [7, 11) is 1.72. The molecule has 0 unspecified atom stereocenters. The SMILES string of the molecule is Cc1ccc(C(=O)N(C)c2ccc(OC(=O)CCSCc3ccccn3)cc2)cc1. The van der Waals surface area contributed by atoms with Crippen molar-refractivity contribution < 1.29 is 14.3 Å². The average Bonchev–Trinajstić information content (AvgIpc) is 2.77. The zero-order valence-corrected chi connectivity index (χ0v) is 17.9. The highest BCUT2D eigenvalue weighted by molar-refractivity contribution is 7.98. The third-order valence-electron chi connectivity index (χ3n) is 4.49. The lowest BCUT2D eigenvalue weighted by molar-refractivity contribution is -0.133. The maximum Gasteiger partial charge on any atom is 0.312 e. The predicted octanol–water partition coefficient (Wildman–Crippen LogP) is 4.90. The maximum absolute atomic E-state index is 12.6. The second-order valence-electron chi connectivity index (χ2n) is 6.82. The van der Waals surface area contributed by atoms with Crippen molar-refractivity contribution in [2.45, 2.75) is 19.1 Å². The van der Waals surface area contributed by atoms with E-state index in [-0.39, 0.29) is 11.9 Å². The summed E-state index contributed by atoms with van der Waals surface area (Å²) in [6.45, 7) is 1.98. The molecule has 1 heterocycles. The fraction of sp³-hybridized carbons (Fsp3) is 0.208. The minimum Gasteiger partial charge on any atom is -0.427 e. The molecule has 0 bridgehead atoms. The van der Waals surface area contributed by atoms with Gasteiger partial charge in [0.2, 0.25) is 0 Å². The number of carbonyl (C=O) groups is 2.